The van der Waals surface area contributed by atoms with Crippen LogP contribution in [0.15, 0.2) is 0 Å². The molecule has 2 aliphatic rings. The second kappa shape index (κ2) is 7.82. The minimum atomic E-state index is 0.289. The number of nitrogens with one attached hydrogen (secondary N) is 1. The van der Waals surface area contributed by atoms with Gasteiger partial charge in [0.15, 0.2) is 0 Å². The van der Waals surface area contributed by atoms with Gasteiger partial charge in [-0.2, -0.15) is 0 Å². The molecule has 110 valence electrons. The van der Waals surface area contributed by atoms with Crippen molar-refractivity contribution in [3.05, 3.63) is 0 Å². The summed E-state index contributed by atoms with van der Waals surface area (Å²) in [5, 5.41) is 3.27. The second-order valence-electron chi connectivity index (χ2n) is 5.60. The first kappa shape index (κ1) is 14.8. The van der Waals surface area contributed by atoms with Crippen molar-refractivity contribution in [1.29, 1.82) is 0 Å². The average molecular weight is 269 g/mol. The summed E-state index contributed by atoms with van der Waals surface area (Å²) in [6.45, 7) is 10.1. The number of likely N-dealkylation sites (tertiary alicyclic amines) is 1. The summed E-state index contributed by atoms with van der Waals surface area (Å²) in [4.78, 5) is 16.4. The molecule has 1 atom stereocenters. The molecule has 5 heteroatoms. The Balaban J connectivity index is 1.65. The maximum Gasteiger partial charge on any atom is 0.236 e. The number of carbonyl (C=O) groups is 1. The van der Waals surface area contributed by atoms with Gasteiger partial charge in [-0.05, 0) is 25.3 Å². The van der Waals surface area contributed by atoms with E-state index < -0.39 is 0 Å². The van der Waals surface area contributed by atoms with Crippen molar-refractivity contribution in [2.75, 3.05) is 59.0 Å². The Morgan fingerprint density at radius 2 is 2.11 bits per heavy atom. The minimum Gasteiger partial charge on any atom is -0.381 e. The number of ether oxygens (including phenoxy) is 1. The Bertz CT molecular complexity index is 280. The van der Waals surface area contributed by atoms with E-state index >= 15 is 0 Å². The topological polar surface area (TPSA) is 44.8 Å². The fourth-order valence-corrected chi connectivity index (χ4v) is 2.79. The van der Waals surface area contributed by atoms with Crippen LogP contribution in [-0.4, -0.2) is 74.7 Å². The molecule has 0 saturated carbocycles. The van der Waals surface area contributed by atoms with E-state index in [2.05, 4.69) is 17.1 Å². The van der Waals surface area contributed by atoms with Crippen LogP contribution in [0.2, 0.25) is 0 Å². The van der Waals surface area contributed by atoms with Crippen LogP contribution in [0.25, 0.3) is 0 Å². The van der Waals surface area contributed by atoms with Crippen LogP contribution >= 0.6 is 0 Å². The molecule has 1 unspecified atom stereocenters. The Morgan fingerprint density at radius 3 is 2.84 bits per heavy atom. The van der Waals surface area contributed by atoms with Crippen LogP contribution in [0.4, 0.5) is 0 Å². The molecule has 0 spiro atoms. The van der Waals surface area contributed by atoms with Crippen molar-refractivity contribution in [1.82, 2.24) is 15.1 Å². The number of hydrogen-bond acceptors (Lipinski definition) is 4. The predicted octanol–water partition coefficient (Wildman–Crippen LogP) is 0.167. The zero-order valence-corrected chi connectivity index (χ0v) is 12.1. The first-order chi connectivity index (χ1) is 9.29. The van der Waals surface area contributed by atoms with Gasteiger partial charge in [-0.25, -0.2) is 0 Å². The van der Waals surface area contributed by atoms with Crippen LogP contribution < -0.4 is 5.32 Å². The highest BCUT2D eigenvalue weighted by Gasteiger charge is 2.26. The molecular formula is C14H27N3O2. The van der Waals surface area contributed by atoms with Gasteiger partial charge in [0, 0.05) is 39.3 Å². The van der Waals surface area contributed by atoms with Gasteiger partial charge in [0.2, 0.25) is 5.91 Å². The quantitative estimate of drug-likeness (QED) is 0.698. The van der Waals surface area contributed by atoms with Gasteiger partial charge in [-0.15, -0.1) is 0 Å². The molecule has 19 heavy (non-hydrogen) atoms. The van der Waals surface area contributed by atoms with Gasteiger partial charge in [0.1, 0.15) is 0 Å². The van der Waals surface area contributed by atoms with Gasteiger partial charge in [-0.3, -0.25) is 9.69 Å². The first-order valence-corrected chi connectivity index (χ1v) is 7.58. The summed E-state index contributed by atoms with van der Waals surface area (Å²) in [5.41, 5.74) is 0. The third-order valence-corrected chi connectivity index (χ3v) is 3.90. The van der Waals surface area contributed by atoms with Crippen LogP contribution in [0.5, 0.6) is 0 Å². The minimum absolute atomic E-state index is 0.289. The largest absolute Gasteiger partial charge is 0.381 e. The van der Waals surface area contributed by atoms with Crippen molar-refractivity contribution >= 4 is 5.91 Å². The molecule has 0 aromatic carbocycles. The van der Waals surface area contributed by atoms with Crippen LogP contribution in [0.1, 0.15) is 19.8 Å². The van der Waals surface area contributed by atoms with Crippen molar-refractivity contribution in [3.8, 4) is 0 Å². The van der Waals surface area contributed by atoms with Gasteiger partial charge < -0.3 is 15.0 Å². The van der Waals surface area contributed by atoms with Crippen molar-refractivity contribution in [3.63, 3.8) is 0 Å². The monoisotopic (exact) mass is 269 g/mol. The summed E-state index contributed by atoms with van der Waals surface area (Å²) in [7, 11) is 0. The molecule has 2 fully saturated rings. The lowest BCUT2D eigenvalue weighted by atomic mass is 10.1. The summed E-state index contributed by atoms with van der Waals surface area (Å²) in [6.07, 6.45) is 2.25. The normalized spacial score (nSPS) is 24.9. The van der Waals surface area contributed by atoms with Gasteiger partial charge in [-0.1, -0.05) is 6.92 Å². The summed E-state index contributed by atoms with van der Waals surface area (Å²) < 4.78 is 5.61. The number of rotatable bonds is 6. The number of piperazine rings is 1. The summed E-state index contributed by atoms with van der Waals surface area (Å²) >= 11 is 0. The lowest BCUT2D eigenvalue weighted by Gasteiger charge is -2.29. The van der Waals surface area contributed by atoms with E-state index in [1.807, 2.05) is 4.90 Å². The van der Waals surface area contributed by atoms with Crippen molar-refractivity contribution in [2.24, 2.45) is 5.92 Å². The zero-order valence-electron chi connectivity index (χ0n) is 12.1. The predicted molar refractivity (Wildman–Crippen MR) is 75.1 cm³/mol. The lowest BCUT2D eigenvalue weighted by molar-refractivity contribution is -0.132. The molecule has 0 aromatic heterocycles. The molecule has 2 saturated heterocycles. The lowest BCUT2D eigenvalue weighted by Crippen LogP contribution is -2.49. The maximum atomic E-state index is 12.1. The smallest absolute Gasteiger partial charge is 0.236 e. The molecule has 0 aromatic rings. The fraction of sp³-hybridized carbons (Fsp3) is 0.929. The average Bonchev–Trinajstić information content (AvgIpc) is 2.88. The second-order valence-corrected chi connectivity index (χ2v) is 5.60. The number of amides is 1. The number of hydrogen-bond donors (Lipinski definition) is 1. The van der Waals surface area contributed by atoms with E-state index in [-0.39, 0.29) is 5.91 Å². The fourth-order valence-electron chi connectivity index (χ4n) is 2.79. The van der Waals surface area contributed by atoms with E-state index in [1.165, 1.54) is 6.42 Å². The molecule has 1 amide bonds. The Hall–Kier alpha value is -0.650. The summed E-state index contributed by atoms with van der Waals surface area (Å²) in [5.74, 6) is 0.902. The van der Waals surface area contributed by atoms with Crippen LogP contribution in [-0.2, 0) is 9.53 Å². The molecule has 2 aliphatic heterocycles. The third kappa shape index (κ3) is 4.75. The Kier molecular flexibility index (Phi) is 6.07. The molecule has 1 N–H and O–H groups in total. The highest BCUT2D eigenvalue weighted by atomic mass is 16.5. The van der Waals surface area contributed by atoms with Crippen molar-refractivity contribution in [2.45, 2.75) is 19.8 Å². The van der Waals surface area contributed by atoms with Crippen molar-refractivity contribution < 1.29 is 9.53 Å². The van der Waals surface area contributed by atoms with E-state index in [9.17, 15) is 4.79 Å². The van der Waals surface area contributed by atoms with E-state index in [0.29, 0.717) is 12.5 Å². The molecule has 0 radical (unpaired) electrons. The molecule has 2 heterocycles. The maximum absolute atomic E-state index is 12.1. The summed E-state index contributed by atoms with van der Waals surface area (Å²) in [6, 6.07) is 0. The van der Waals surface area contributed by atoms with Crippen LogP contribution in [0, 0.1) is 5.92 Å². The molecular weight excluding hydrogens is 242 g/mol. The molecule has 0 bridgehead atoms. The Labute approximate surface area is 116 Å². The molecule has 2 rings (SSSR count). The number of carbonyl (C=O) groups excluding carboxylic acids is 1. The third-order valence-electron chi connectivity index (χ3n) is 3.90. The molecule has 0 aliphatic carbocycles. The van der Waals surface area contributed by atoms with E-state index in [4.69, 9.17) is 4.74 Å². The van der Waals surface area contributed by atoms with E-state index in [0.717, 1.165) is 58.9 Å². The first-order valence-electron chi connectivity index (χ1n) is 7.58. The standard InChI is InChI=1S/C14H27N3O2/c1-2-9-19-12-13-3-6-16(10-13)11-14(18)17-7-4-15-5-8-17/h13,15H,2-12H2,1H3. The van der Waals surface area contributed by atoms with Crippen LogP contribution in [0.3, 0.4) is 0 Å². The molecule has 5 nitrogen and oxygen atoms in total. The van der Waals surface area contributed by atoms with Gasteiger partial charge in [0.05, 0.1) is 13.2 Å². The highest BCUT2D eigenvalue weighted by molar-refractivity contribution is 5.78. The van der Waals surface area contributed by atoms with Gasteiger partial charge in [0.25, 0.3) is 0 Å². The Morgan fingerprint density at radius 1 is 1.32 bits per heavy atom. The van der Waals surface area contributed by atoms with Gasteiger partial charge >= 0.3 is 0 Å². The zero-order chi connectivity index (χ0) is 13.5. The number of nitrogens with zero attached hydrogens (tertiary/aromatic N) is 2. The SMILES string of the molecule is CCCOCC1CCN(CC(=O)N2CCNCC2)C1. The highest BCUT2D eigenvalue weighted by Crippen LogP contribution is 2.16. The van der Waals surface area contributed by atoms with E-state index in [1.54, 1.807) is 0 Å².